The Hall–Kier alpha value is 0.0500. The fourth-order valence-electron chi connectivity index (χ4n) is 1.32. The molecule has 1 rings (SSSR count). The van der Waals surface area contributed by atoms with Crippen LogP contribution in [0.15, 0.2) is 11.6 Å². The molecule has 0 aromatic rings. The average molecular weight is 172 g/mol. The van der Waals surface area contributed by atoms with Crippen molar-refractivity contribution in [3.63, 3.8) is 0 Å². The van der Waals surface area contributed by atoms with Crippen molar-refractivity contribution in [3.05, 3.63) is 11.6 Å². The number of allylic oxidation sites excluding steroid dienone is 1. The van der Waals surface area contributed by atoms with E-state index in [9.17, 15) is 5.11 Å². The van der Waals surface area contributed by atoms with Gasteiger partial charge in [-0.3, -0.25) is 0 Å². The van der Waals surface area contributed by atoms with Crippen molar-refractivity contribution in [1.29, 1.82) is 0 Å². The minimum Gasteiger partial charge on any atom is -0.388 e. The molecular weight excluding hydrogens is 156 g/mol. The molecule has 1 aliphatic heterocycles. The Bertz CT molecular complexity index is 144. The average Bonchev–Trinajstić information content (AvgIpc) is 2.35. The van der Waals surface area contributed by atoms with Gasteiger partial charge in [-0.2, -0.15) is 11.8 Å². The van der Waals surface area contributed by atoms with Crippen LogP contribution in [0, 0.1) is 0 Å². The van der Waals surface area contributed by atoms with Crippen LogP contribution in [0.4, 0.5) is 0 Å². The second kappa shape index (κ2) is 4.17. The fraction of sp³-hybridized carbons (Fsp3) is 0.778. The smallest absolute Gasteiger partial charge is 0.0841 e. The predicted octanol–water partition coefficient (Wildman–Crippen LogP) is 2.21. The fourth-order valence-corrected chi connectivity index (χ4v) is 2.57. The van der Waals surface area contributed by atoms with Gasteiger partial charge in [0.25, 0.3) is 0 Å². The van der Waals surface area contributed by atoms with E-state index in [2.05, 4.69) is 0 Å². The molecule has 1 saturated heterocycles. The Morgan fingerprint density at radius 2 is 2.36 bits per heavy atom. The lowest BCUT2D eigenvalue weighted by Gasteiger charge is -2.12. The molecule has 0 saturated carbocycles. The van der Waals surface area contributed by atoms with E-state index in [1.807, 2.05) is 31.7 Å². The van der Waals surface area contributed by atoms with Crippen molar-refractivity contribution in [1.82, 2.24) is 0 Å². The SMILES string of the molecule is CC(C)=CC(O)C1CCCS1. The second-order valence-corrected chi connectivity index (χ2v) is 4.63. The third kappa shape index (κ3) is 2.88. The summed E-state index contributed by atoms with van der Waals surface area (Å²) >= 11 is 1.90. The van der Waals surface area contributed by atoms with Crippen molar-refractivity contribution < 1.29 is 5.11 Å². The summed E-state index contributed by atoms with van der Waals surface area (Å²) in [5.41, 5.74) is 1.21. The third-order valence-corrected chi connectivity index (χ3v) is 3.32. The lowest BCUT2D eigenvalue weighted by Crippen LogP contribution is -2.17. The Morgan fingerprint density at radius 3 is 2.82 bits per heavy atom. The van der Waals surface area contributed by atoms with Gasteiger partial charge in [0.15, 0.2) is 0 Å². The molecule has 0 bridgehead atoms. The number of aliphatic hydroxyl groups is 1. The molecule has 1 heterocycles. The maximum Gasteiger partial charge on any atom is 0.0841 e. The first-order valence-electron chi connectivity index (χ1n) is 4.15. The van der Waals surface area contributed by atoms with Crippen LogP contribution in [0.1, 0.15) is 26.7 Å². The van der Waals surface area contributed by atoms with Crippen molar-refractivity contribution in [2.75, 3.05) is 5.75 Å². The van der Waals surface area contributed by atoms with E-state index in [1.165, 1.54) is 24.2 Å². The first-order valence-corrected chi connectivity index (χ1v) is 5.19. The zero-order chi connectivity index (χ0) is 8.27. The standard InChI is InChI=1S/C9H16OS/c1-7(2)6-8(10)9-4-3-5-11-9/h6,8-10H,3-5H2,1-2H3. The third-order valence-electron chi connectivity index (χ3n) is 1.85. The Kier molecular flexibility index (Phi) is 3.46. The van der Waals surface area contributed by atoms with Crippen LogP contribution in [-0.4, -0.2) is 22.2 Å². The number of rotatable bonds is 2. The van der Waals surface area contributed by atoms with Crippen LogP contribution in [0.25, 0.3) is 0 Å². The van der Waals surface area contributed by atoms with Gasteiger partial charge in [-0.15, -0.1) is 0 Å². The predicted molar refractivity (Wildman–Crippen MR) is 50.9 cm³/mol. The molecule has 1 N–H and O–H groups in total. The molecule has 0 amide bonds. The van der Waals surface area contributed by atoms with Gasteiger partial charge in [0.1, 0.15) is 0 Å². The molecule has 2 atom stereocenters. The van der Waals surface area contributed by atoms with Crippen molar-refractivity contribution in [3.8, 4) is 0 Å². The Balaban J connectivity index is 2.40. The maximum atomic E-state index is 9.62. The van der Waals surface area contributed by atoms with Crippen LogP contribution in [0.2, 0.25) is 0 Å². The van der Waals surface area contributed by atoms with Crippen LogP contribution in [-0.2, 0) is 0 Å². The molecule has 1 fully saturated rings. The highest BCUT2D eigenvalue weighted by Gasteiger charge is 2.21. The highest BCUT2D eigenvalue weighted by Crippen LogP contribution is 2.29. The molecule has 0 aliphatic carbocycles. The van der Waals surface area contributed by atoms with Crippen LogP contribution in [0.5, 0.6) is 0 Å². The summed E-state index contributed by atoms with van der Waals surface area (Å²) in [6.07, 6.45) is 4.19. The quantitative estimate of drug-likeness (QED) is 0.644. The summed E-state index contributed by atoms with van der Waals surface area (Å²) in [4.78, 5) is 0. The Morgan fingerprint density at radius 1 is 1.64 bits per heavy atom. The summed E-state index contributed by atoms with van der Waals surface area (Å²) in [7, 11) is 0. The van der Waals surface area contributed by atoms with Crippen molar-refractivity contribution in [2.24, 2.45) is 0 Å². The molecule has 2 unspecified atom stereocenters. The molecule has 2 heteroatoms. The number of hydrogen-bond acceptors (Lipinski definition) is 2. The lowest BCUT2D eigenvalue weighted by atomic mass is 10.1. The van der Waals surface area contributed by atoms with Gasteiger partial charge in [-0.05, 0) is 32.4 Å². The molecule has 64 valence electrons. The molecule has 0 spiro atoms. The summed E-state index contributed by atoms with van der Waals surface area (Å²) in [6.45, 7) is 4.06. The lowest BCUT2D eigenvalue weighted by molar-refractivity contribution is 0.217. The second-order valence-electron chi connectivity index (χ2n) is 3.29. The van der Waals surface area contributed by atoms with E-state index in [4.69, 9.17) is 0 Å². The van der Waals surface area contributed by atoms with Gasteiger partial charge in [0.05, 0.1) is 6.10 Å². The zero-order valence-electron chi connectivity index (χ0n) is 7.21. The first-order chi connectivity index (χ1) is 5.20. The minimum absolute atomic E-state index is 0.215. The normalized spacial score (nSPS) is 26.6. The maximum absolute atomic E-state index is 9.62. The molecule has 1 nitrogen and oxygen atoms in total. The summed E-state index contributed by atoms with van der Waals surface area (Å²) < 4.78 is 0. The van der Waals surface area contributed by atoms with E-state index in [0.29, 0.717) is 5.25 Å². The van der Waals surface area contributed by atoms with Gasteiger partial charge in [0.2, 0.25) is 0 Å². The summed E-state index contributed by atoms with van der Waals surface area (Å²) in [5.74, 6) is 1.22. The molecular formula is C9H16OS. The topological polar surface area (TPSA) is 20.2 Å². The van der Waals surface area contributed by atoms with Gasteiger partial charge >= 0.3 is 0 Å². The first kappa shape index (κ1) is 9.14. The summed E-state index contributed by atoms with van der Waals surface area (Å²) in [6, 6.07) is 0. The molecule has 0 aromatic heterocycles. The zero-order valence-corrected chi connectivity index (χ0v) is 8.03. The molecule has 0 radical (unpaired) electrons. The van der Waals surface area contributed by atoms with E-state index in [-0.39, 0.29) is 6.10 Å². The largest absolute Gasteiger partial charge is 0.388 e. The number of hydrogen-bond donors (Lipinski definition) is 1. The van der Waals surface area contributed by atoms with E-state index < -0.39 is 0 Å². The van der Waals surface area contributed by atoms with E-state index in [1.54, 1.807) is 0 Å². The van der Waals surface area contributed by atoms with Crippen LogP contribution >= 0.6 is 11.8 Å². The number of aliphatic hydroxyl groups excluding tert-OH is 1. The summed E-state index contributed by atoms with van der Waals surface area (Å²) in [5, 5.41) is 10.1. The van der Waals surface area contributed by atoms with Gasteiger partial charge in [0, 0.05) is 5.25 Å². The van der Waals surface area contributed by atoms with Gasteiger partial charge in [-0.1, -0.05) is 11.6 Å². The molecule has 1 aliphatic rings. The van der Waals surface area contributed by atoms with Crippen molar-refractivity contribution >= 4 is 11.8 Å². The highest BCUT2D eigenvalue weighted by atomic mass is 32.2. The van der Waals surface area contributed by atoms with Crippen LogP contribution in [0.3, 0.4) is 0 Å². The monoisotopic (exact) mass is 172 g/mol. The van der Waals surface area contributed by atoms with E-state index in [0.717, 1.165) is 0 Å². The van der Waals surface area contributed by atoms with Crippen molar-refractivity contribution in [2.45, 2.75) is 38.0 Å². The van der Waals surface area contributed by atoms with Gasteiger partial charge in [-0.25, -0.2) is 0 Å². The van der Waals surface area contributed by atoms with Crippen LogP contribution < -0.4 is 0 Å². The minimum atomic E-state index is -0.215. The van der Waals surface area contributed by atoms with E-state index >= 15 is 0 Å². The number of thioether (sulfide) groups is 1. The molecule has 0 aromatic carbocycles. The Labute approximate surface area is 72.9 Å². The molecule has 11 heavy (non-hydrogen) atoms. The highest BCUT2D eigenvalue weighted by molar-refractivity contribution is 8.00. The van der Waals surface area contributed by atoms with Gasteiger partial charge < -0.3 is 5.11 Å².